The van der Waals surface area contributed by atoms with E-state index in [0.717, 1.165) is 5.56 Å². The third-order valence-corrected chi connectivity index (χ3v) is 5.63. The molecule has 2 fully saturated rings. The van der Waals surface area contributed by atoms with Gasteiger partial charge in [-0.25, -0.2) is 0 Å². The summed E-state index contributed by atoms with van der Waals surface area (Å²) in [5.74, 6) is 0. The zero-order valence-corrected chi connectivity index (χ0v) is 15.9. The van der Waals surface area contributed by atoms with Crippen molar-refractivity contribution >= 4 is 44.9 Å². The Bertz CT molecular complexity index is 719. The van der Waals surface area contributed by atoms with Crippen molar-refractivity contribution in [2.75, 3.05) is 6.61 Å². The van der Waals surface area contributed by atoms with E-state index in [1.54, 1.807) is 12.1 Å². The first kappa shape index (κ1) is 19.6. The number of aliphatic hydroxyl groups excluding tert-OH is 1. The number of aryl methyl sites for hydroxylation is 1. The number of fused-ring (bicyclic) bond motifs is 1. The molecule has 1 aromatic carbocycles. The summed E-state index contributed by atoms with van der Waals surface area (Å²) in [5, 5.41) is 10.2. The first-order valence-electron chi connectivity index (χ1n) is 7.25. The van der Waals surface area contributed by atoms with Gasteiger partial charge in [-0.3, -0.25) is 4.18 Å². The Morgan fingerprint density at radius 1 is 1.16 bits per heavy atom. The highest BCUT2D eigenvalue weighted by atomic mass is 35.6. The van der Waals surface area contributed by atoms with Gasteiger partial charge >= 0.3 is 0 Å². The van der Waals surface area contributed by atoms with Crippen LogP contribution < -0.4 is 0 Å². The second kappa shape index (κ2) is 7.10. The molecule has 0 spiro atoms. The van der Waals surface area contributed by atoms with E-state index in [4.69, 9.17) is 53.2 Å². The Balaban J connectivity index is 1.60. The van der Waals surface area contributed by atoms with Gasteiger partial charge in [-0.2, -0.15) is 8.42 Å². The molecular weight excluding hydrogens is 419 g/mol. The number of benzene rings is 1. The van der Waals surface area contributed by atoms with Crippen molar-refractivity contribution in [3.05, 3.63) is 29.8 Å². The van der Waals surface area contributed by atoms with Crippen molar-refractivity contribution in [1.29, 1.82) is 0 Å². The average Bonchev–Trinajstić information content (AvgIpc) is 3.06. The largest absolute Gasteiger partial charge is 0.387 e. The van der Waals surface area contributed by atoms with Crippen LogP contribution >= 0.6 is 34.8 Å². The van der Waals surface area contributed by atoms with Crippen LogP contribution in [0, 0.1) is 6.92 Å². The third-order valence-electron chi connectivity index (χ3n) is 3.80. The maximum absolute atomic E-state index is 12.2. The quantitative estimate of drug-likeness (QED) is 0.573. The zero-order valence-electron chi connectivity index (χ0n) is 12.8. The molecule has 0 amide bonds. The molecule has 2 saturated heterocycles. The minimum Gasteiger partial charge on any atom is -0.387 e. The lowest BCUT2D eigenvalue weighted by molar-refractivity contribution is -0.170. The third kappa shape index (κ3) is 4.23. The van der Waals surface area contributed by atoms with Crippen LogP contribution in [0.2, 0.25) is 0 Å². The van der Waals surface area contributed by atoms with E-state index in [0.29, 0.717) is 0 Å². The van der Waals surface area contributed by atoms with Gasteiger partial charge in [0.2, 0.25) is 10.1 Å². The molecule has 25 heavy (non-hydrogen) atoms. The van der Waals surface area contributed by atoms with E-state index in [1.165, 1.54) is 12.1 Å². The lowest BCUT2D eigenvalue weighted by atomic mass is 10.1. The summed E-state index contributed by atoms with van der Waals surface area (Å²) in [6.45, 7) is 1.43. The monoisotopic (exact) mass is 432 g/mol. The van der Waals surface area contributed by atoms with Crippen molar-refractivity contribution < 1.29 is 31.9 Å². The van der Waals surface area contributed by atoms with Gasteiger partial charge in [0.25, 0.3) is 10.1 Å². The molecule has 2 aliphatic heterocycles. The summed E-state index contributed by atoms with van der Waals surface area (Å²) >= 11 is 17.0. The fraction of sp³-hybridized carbons (Fsp3) is 0.571. The Morgan fingerprint density at radius 2 is 1.80 bits per heavy atom. The molecule has 0 bridgehead atoms. The second-order valence-electron chi connectivity index (χ2n) is 5.70. The van der Waals surface area contributed by atoms with Crippen LogP contribution in [0.4, 0.5) is 0 Å². The molecule has 1 N–H and O–H groups in total. The second-order valence-corrected chi connectivity index (χ2v) is 9.68. The molecule has 1 aromatic rings. The van der Waals surface area contributed by atoms with Gasteiger partial charge in [0, 0.05) is 0 Å². The Labute approximate surface area is 159 Å². The zero-order chi connectivity index (χ0) is 18.4. The molecule has 2 aliphatic rings. The van der Waals surface area contributed by atoms with Crippen LogP contribution in [0.1, 0.15) is 5.56 Å². The molecule has 0 saturated carbocycles. The normalized spacial score (nSPS) is 32.8. The predicted octanol–water partition coefficient (Wildman–Crippen LogP) is 1.90. The lowest BCUT2D eigenvalue weighted by Crippen LogP contribution is -2.37. The number of halogens is 3. The van der Waals surface area contributed by atoms with Crippen LogP contribution in [0.5, 0.6) is 0 Å². The molecule has 11 heteroatoms. The van der Waals surface area contributed by atoms with E-state index >= 15 is 0 Å². The molecule has 2 heterocycles. The molecular formula is C14H15Cl3O7S. The van der Waals surface area contributed by atoms with E-state index < -0.39 is 51.4 Å². The predicted molar refractivity (Wildman–Crippen MR) is 89.0 cm³/mol. The van der Waals surface area contributed by atoms with Crippen molar-refractivity contribution in [2.24, 2.45) is 0 Å². The van der Waals surface area contributed by atoms with E-state index in [2.05, 4.69) is 0 Å². The highest BCUT2D eigenvalue weighted by Crippen LogP contribution is 2.42. The Hall–Kier alpha value is -0.160. The fourth-order valence-corrected chi connectivity index (χ4v) is 3.70. The van der Waals surface area contributed by atoms with Crippen LogP contribution in [0.25, 0.3) is 0 Å². The van der Waals surface area contributed by atoms with Crippen LogP contribution in [-0.2, 0) is 28.5 Å². The highest BCUT2D eigenvalue weighted by Gasteiger charge is 2.56. The highest BCUT2D eigenvalue weighted by molar-refractivity contribution is 7.86. The summed E-state index contributed by atoms with van der Waals surface area (Å²) in [5.41, 5.74) is 0.916. The van der Waals surface area contributed by atoms with Crippen LogP contribution in [0.15, 0.2) is 29.2 Å². The molecule has 0 aromatic heterocycles. The maximum Gasteiger partial charge on any atom is 0.297 e. The number of hydrogen-bond donors (Lipinski definition) is 1. The van der Waals surface area contributed by atoms with E-state index in [1.807, 2.05) is 6.92 Å². The number of aliphatic hydroxyl groups is 1. The molecule has 7 nitrogen and oxygen atoms in total. The van der Waals surface area contributed by atoms with Crippen molar-refractivity contribution in [1.82, 2.24) is 0 Å². The average molecular weight is 434 g/mol. The van der Waals surface area contributed by atoms with E-state index in [-0.39, 0.29) is 4.90 Å². The summed E-state index contributed by atoms with van der Waals surface area (Å²) in [4.78, 5) is 0.00884. The number of alkyl halides is 3. The van der Waals surface area contributed by atoms with Gasteiger partial charge < -0.3 is 19.3 Å². The molecule has 5 atom stereocenters. The SMILES string of the molecule is Cc1ccc(S(=O)(=O)OC[C@@H]2O[C@@H]3O[C@@H](C(Cl)(Cl)Cl)O[C@@H]3[C@H]2O)cc1. The van der Waals surface area contributed by atoms with Crippen molar-refractivity contribution in [3.63, 3.8) is 0 Å². The van der Waals surface area contributed by atoms with Gasteiger partial charge in [0.15, 0.2) is 6.29 Å². The first-order valence-corrected chi connectivity index (χ1v) is 9.79. The van der Waals surface area contributed by atoms with Gasteiger partial charge in [-0.15, -0.1) is 0 Å². The first-order chi connectivity index (χ1) is 11.6. The van der Waals surface area contributed by atoms with Gasteiger partial charge in [-0.05, 0) is 19.1 Å². The van der Waals surface area contributed by atoms with Crippen LogP contribution in [-0.4, -0.2) is 54.8 Å². The van der Waals surface area contributed by atoms with Crippen LogP contribution in [0.3, 0.4) is 0 Å². The molecule has 3 rings (SSSR count). The summed E-state index contributed by atoms with van der Waals surface area (Å²) < 4.78 is 43.5. The lowest BCUT2D eigenvalue weighted by Gasteiger charge is -2.22. The molecule has 0 unspecified atom stereocenters. The Morgan fingerprint density at radius 3 is 2.36 bits per heavy atom. The summed E-state index contributed by atoms with van der Waals surface area (Å²) in [7, 11) is -3.98. The topological polar surface area (TPSA) is 91.3 Å². The van der Waals surface area contributed by atoms with Crippen molar-refractivity contribution in [3.8, 4) is 0 Å². The Kier molecular flexibility index (Phi) is 5.57. The van der Waals surface area contributed by atoms with E-state index in [9.17, 15) is 13.5 Å². The summed E-state index contributed by atoms with van der Waals surface area (Å²) in [6.07, 6.45) is -5.25. The minimum absolute atomic E-state index is 0.00884. The summed E-state index contributed by atoms with van der Waals surface area (Å²) in [6, 6.07) is 6.17. The molecule has 0 radical (unpaired) electrons. The smallest absolute Gasteiger partial charge is 0.297 e. The maximum atomic E-state index is 12.2. The number of rotatable bonds is 4. The minimum atomic E-state index is -3.98. The van der Waals surface area contributed by atoms with Crippen molar-refractivity contribution in [2.45, 2.75) is 46.5 Å². The molecule has 140 valence electrons. The molecule has 0 aliphatic carbocycles. The van der Waals surface area contributed by atoms with Gasteiger partial charge in [-0.1, -0.05) is 52.5 Å². The number of ether oxygens (including phenoxy) is 3. The van der Waals surface area contributed by atoms with Gasteiger partial charge in [0.1, 0.15) is 18.3 Å². The standard InChI is InChI=1S/C14H15Cl3O7S/c1-7-2-4-8(5-3-7)25(19,20)21-6-9-10(18)11-12(22-9)24-13(23-11)14(15,16)17/h2-5,9-13,18H,6H2,1H3/t9-,10-,11+,12+,13-/m0/s1. The fourth-order valence-electron chi connectivity index (χ4n) is 2.48. The van der Waals surface area contributed by atoms with Gasteiger partial charge in [0.05, 0.1) is 11.5 Å². The number of hydrogen-bond acceptors (Lipinski definition) is 7.